The van der Waals surface area contributed by atoms with Gasteiger partial charge in [0.1, 0.15) is 5.82 Å². The molecule has 0 spiro atoms. The molecule has 1 aliphatic heterocycles. The number of pyridine rings is 1. The van der Waals surface area contributed by atoms with Crippen LogP contribution in [-0.2, 0) is 4.74 Å². The SMILES string of the molecule is C[C@@H]1CN(c2ccnc(-c3cncc(Br)c3)n2)C[C@@H](CO)O1. The van der Waals surface area contributed by atoms with E-state index < -0.39 is 0 Å². The number of aliphatic hydroxyl groups is 1. The maximum absolute atomic E-state index is 9.34. The highest BCUT2D eigenvalue weighted by Crippen LogP contribution is 2.22. The molecule has 1 N–H and O–H groups in total. The van der Waals surface area contributed by atoms with Gasteiger partial charge in [0.25, 0.3) is 0 Å². The smallest absolute Gasteiger partial charge is 0.163 e. The van der Waals surface area contributed by atoms with Crippen LogP contribution in [-0.4, -0.2) is 52.0 Å². The fourth-order valence-electron chi connectivity index (χ4n) is 2.53. The Morgan fingerprint density at radius 2 is 2.27 bits per heavy atom. The van der Waals surface area contributed by atoms with Gasteiger partial charge in [-0.05, 0) is 35.0 Å². The fourth-order valence-corrected chi connectivity index (χ4v) is 2.90. The van der Waals surface area contributed by atoms with E-state index in [0.717, 1.165) is 22.4 Å². The highest BCUT2D eigenvalue weighted by atomic mass is 79.9. The van der Waals surface area contributed by atoms with Crippen LogP contribution in [0.25, 0.3) is 11.4 Å². The molecular weight excluding hydrogens is 348 g/mol. The van der Waals surface area contributed by atoms with E-state index in [1.54, 1.807) is 18.6 Å². The zero-order chi connectivity index (χ0) is 15.5. The summed E-state index contributed by atoms with van der Waals surface area (Å²) in [5.41, 5.74) is 0.858. The Hall–Kier alpha value is -1.57. The Balaban J connectivity index is 1.87. The molecule has 3 heterocycles. The number of nitrogens with zero attached hydrogens (tertiary/aromatic N) is 4. The molecule has 0 amide bonds. The molecule has 116 valence electrons. The van der Waals surface area contributed by atoms with Crippen LogP contribution in [0.4, 0.5) is 5.82 Å². The normalized spacial score (nSPS) is 21.9. The maximum Gasteiger partial charge on any atom is 0.163 e. The number of rotatable bonds is 3. The molecule has 6 nitrogen and oxygen atoms in total. The van der Waals surface area contributed by atoms with Crippen molar-refractivity contribution < 1.29 is 9.84 Å². The first-order chi connectivity index (χ1) is 10.7. The van der Waals surface area contributed by atoms with E-state index in [-0.39, 0.29) is 18.8 Å². The predicted molar refractivity (Wildman–Crippen MR) is 86.6 cm³/mol. The number of halogens is 1. The minimum Gasteiger partial charge on any atom is -0.394 e. The summed E-state index contributed by atoms with van der Waals surface area (Å²) in [6, 6.07) is 3.81. The quantitative estimate of drug-likeness (QED) is 0.896. The van der Waals surface area contributed by atoms with Crippen molar-refractivity contribution in [2.24, 2.45) is 0 Å². The van der Waals surface area contributed by atoms with Crippen LogP contribution in [0.2, 0.25) is 0 Å². The Kier molecular flexibility index (Phi) is 4.66. The number of hydrogen-bond donors (Lipinski definition) is 1. The number of aliphatic hydroxyl groups excluding tert-OH is 1. The van der Waals surface area contributed by atoms with Crippen molar-refractivity contribution in [3.05, 3.63) is 35.2 Å². The summed E-state index contributed by atoms with van der Waals surface area (Å²) in [5, 5.41) is 9.34. The van der Waals surface area contributed by atoms with E-state index >= 15 is 0 Å². The Bertz CT molecular complexity index is 655. The average Bonchev–Trinajstić information content (AvgIpc) is 2.54. The molecule has 0 unspecified atom stereocenters. The summed E-state index contributed by atoms with van der Waals surface area (Å²) >= 11 is 3.41. The largest absolute Gasteiger partial charge is 0.394 e. The monoisotopic (exact) mass is 364 g/mol. The summed E-state index contributed by atoms with van der Waals surface area (Å²) in [5.74, 6) is 1.46. The summed E-state index contributed by atoms with van der Waals surface area (Å²) in [7, 11) is 0. The second-order valence-corrected chi connectivity index (χ2v) is 6.20. The summed E-state index contributed by atoms with van der Waals surface area (Å²) < 4.78 is 6.55. The molecule has 2 atom stereocenters. The van der Waals surface area contributed by atoms with Crippen LogP contribution >= 0.6 is 15.9 Å². The number of hydrogen-bond acceptors (Lipinski definition) is 6. The van der Waals surface area contributed by atoms with Gasteiger partial charge in [-0.25, -0.2) is 9.97 Å². The number of morpholine rings is 1. The van der Waals surface area contributed by atoms with Gasteiger partial charge in [-0.3, -0.25) is 4.98 Å². The Morgan fingerprint density at radius 3 is 3.05 bits per heavy atom. The lowest BCUT2D eigenvalue weighted by Gasteiger charge is -2.36. The molecule has 0 saturated carbocycles. The van der Waals surface area contributed by atoms with Gasteiger partial charge < -0.3 is 14.7 Å². The van der Waals surface area contributed by atoms with Gasteiger partial charge in [0.15, 0.2) is 5.82 Å². The summed E-state index contributed by atoms with van der Waals surface area (Å²) in [6.45, 7) is 3.36. The van der Waals surface area contributed by atoms with Crippen molar-refractivity contribution in [3.63, 3.8) is 0 Å². The standard InChI is InChI=1S/C15H17BrN4O2/c1-10-7-20(8-13(9-21)22-10)14-2-3-18-15(19-14)11-4-12(16)6-17-5-11/h2-6,10,13,21H,7-9H2,1H3/t10-,13+/m1/s1. The van der Waals surface area contributed by atoms with Crippen molar-refractivity contribution in [2.45, 2.75) is 19.1 Å². The van der Waals surface area contributed by atoms with Gasteiger partial charge in [0.05, 0.1) is 18.8 Å². The van der Waals surface area contributed by atoms with E-state index in [1.165, 1.54) is 0 Å². The number of aromatic nitrogens is 3. The zero-order valence-corrected chi connectivity index (χ0v) is 13.8. The third-order valence-electron chi connectivity index (χ3n) is 3.46. The molecule has 1 saturated heterocycles. The lowest BCUT2D eigenvalue weighted by Crippen LogP contribution is -2.48. The lowest BCUT2D eigenvalue weighted by molar-refractivity contribution is -0.0423. The maximum atomic E-state index is 9.34. The number of anilines is 1. The zero-order valence-electron chi connectivity index (χ0n) is 12.2. The van der Waals surface area contributed by atoms with E-state index in [0.29, 0.717) is 12.4 Å². The summed E-state index contributed by atoms with van der Waals surface area (Å²) in [6.07, 6.45) is 5.07. The van der Waals surface area contributed by atoms with Gasteiger partial charge in [0.2, 0.25) is 0 Å². The van der Waals surface area contributed by atoms with Crippen LogP contribution in [0, 0.1) is 0 Å². The first-order valence-electron chi connectivity index (χ1n) is 7.11. The molecule has 2 aromatic heterocycles. The molecule has 22 heavy (non-hydrogen) atoms. The van der Waals surface area contributed by atoms with Crippen molar-refractivity contribution >= 4 is 21.7 Å². The molecule has 0 aliphatic carbocycles. The average molecular weight is 365 g/mol. The van der Waals surface area contributed by atoms with Crippen LogP contribution in [0.5, 0.6) is 0 Å². The first kappa shape index (κ1) is 15.3. The van der Waals surface area contributed by atoms with Gasteiger partial charge in [-0.2, -0.15) is 0 Å². The molecular formula is C15H17BrN4O2. The van der Waals surface area contributed by atoms with Gasteiger partial charge in [-0.15, -0.1) is 0 Å². The van der Waals surface area contributed by atoms with Crippen molar-refractivity contribution in [2.75, 3.05) is 24.6 Å². The van der Waals surface area contributed by atoms with Crippen LogP contribution in [0.15, 0.2) is 35.2 Å². The van der Waals surface area contributed by atoms with Crippen LogP contribution in [0.1, 0.15) is 6.92 Å². The lowest BCUT2D eigenvalue weighted by atomic mass is 10.2. The second kappa shape index (κ2) is 6.68. The van der Waals surface area contributed by atoms with Crippen molar-refractivity contribution in [3.8, 4) is 11.4 Å². The molecule has 7 heteroatoms. The van der Waals surface area contributed by atoms with E-state index in [1.807, 2.05) is 19.1 Å². The third kappa shape index (κ3) is 3.43. The Labute approximate surface area is 137 Å². The van der Waals surface area contributed by atoms with E-state index in [9.17, 15) is 5.11 Å². The van der Waals surface area contributed by atoms with Gasteiger partial charge >= 0.3 is 0 Å². The second-order valence-electron chi connectivity index (χ2n) is 5.29. The molecule has 2 aromatic rings. The van der Waals surface area contributed by atoms with E-state index in [4.69, 9.17) is 4.74 Å². The Morgan fingerprint density at radius 1 is 1.41 bits per heavy atom. The van der Waals surface area contributed by atoms with Gasteiger partial charge in [-0.1, -0.05) is 0 Å². The highest BCUT2D eigenvalue weighted by Gasteiger charge is 2.25. The topological polar surface area (TPSA) is 71.4 Å². The van der Waals surface area contributed by atoms with Crippen LogP contribution in [0.3, 0.4) is 0 Å². The molecule has 0 radical (unpaired) electrons. The first-order valence-corrected chi connectivity index (χ1v) is 7.90. The van der Waals surface area contributed by atoms with Gasteiger partial charge in [0, 0.05) is 41.7 Å². The number of ether oxygens (including phenoxy) is 1. The molecule has 1 aliphatic rings. The molecule has 3 rings (SSSR count). The predicted octanol–water partition coefficient (Wildman–Crippen LogP) is 1.89. The van der Waals surface area contributed by atoms with Crippen LogP contribution < -0.4 is 4.90 Å². The highest BCUT2D eigenvalue weighted by molar-refractivity contribution is 9.10. The van der Waals surface area contributed by atoms with E-state index in [2.05, 4.69) is 35.8 Å². The fraction of sp³-hybridized carbons (Fsp3) is 0.400. The minimum absolute atomic E-state index is 0.00827. The van der Waals surface area contributed by atoms with Crippen molar-refractivity contribution in [1.82, 2.24) is 15.0 Å². The molecule has 1 fully saturated rings. The molecule has 0 aromatic carbocycles. The third-order valence-corrected chi connectivity index (χ3v) is 3.89. The molecule has 0 bridgehead atoms. The summed E-state index contributed by atoms with van der Waals surface area (Å²) in [4.78, 5) is 15.2. The van der Waals surface area contributed by atoms with Crippen molar-refractivity contribution in [1.29, 1.82) is 0 Å². The minimum atomic E-state index is -0.185.